The number of carbonyl (C=O) groups excluding carboxylic acids is 1. The van der Waals surface area contributed by atoms with E-state index in [1.807, 2.05) is 6.92 Å². The number of halogens is 4. The van der Waals surface area contributed by atoms with Gasteiger partial charge in [-0.2, -0.15) is 26.0 Å². The molecule has 29 heavy (non-hydrogen) atoms. The Morgan fingerprint density at radius 3 is 2.24 bits per heavy atom. The lowest BCUT2D eigenvalue weighted by Gasteiger charge is -2.36. The third-order valence-corrected chi connectivity index (χ3v) is 6.01. The van der Waals surface area contributed by atoms with Gasteiger partial charge in [-0.05, 0) is 44.9 Å². The number of carbonyl (C=O) groups is 1. The number of hydrogen-bond donors (Lipinski definition) is 1. The van der Waals surface area contributed by atoms with Gasteiger partial charge >= 0.3 is 27.3 Å². The third-order valence-electron chi connectivity index (χ3n) is 5.06. The Bertz CT molecular complexity index is 672. The molecule has 1 aliphatic rings. The van der Waals surface area contributed by atoms with Gasteiger partial charge in [0.2, 0.25) is 0 Å². The maximum absolute atomic E-state index is 13.3. The Morgan fingerprint density at radius 2 is 1.72 bits per heavy atom. The molecule has 0 saturated heterocycles. The molecule has 0 aromatic carbocycles. The molecule has 0 aromatic rings. The Kier molecular flexibility index (Phi) is 9.10. The molecule has 170 valence electrons. The first-order chi connectivity index (χ1) is 13.3. The standard InChI is InChI=1S/C18H28F4O6S/c1-3-16(9-5-4-6-10-16)28-15(23)14(2)13-27-12-8-7-11-17(19,20)18(21,22)29(24,25)26/h2-13H2,1H3,(H,24,25,26). The van der Waals surface area contributed by atoms with Crippen molar-refractivity contribution < 1.29 is 44.8 Å². The van der Waals surface area contributed by atoms with Crippen LogP contribution in [0.4, 0.5) is 17.6 Å². The smallest absolute Gasteiger partial charge is 0.431 e. The van der Waals surface area contributed by atoms with Gasteiger partial charge < -0.3 is 9.47 Å². The molecule has 6 nitrogen and oxygen atoms in total. The lowest BCUT2D eigenvalue weighted by Crippen LogP contribution is -2.46. The molecular formula is C18H28F4O6S. The van der Waals surface area contributed by atoms with Crippen LogP contribution in [-0.4, -0.2) is 48.9 Å². The highest BCUT2D eigenvalue weighted by molar-refractivity contribution is 7.87. The van der Waals surface area contributed by atoms with Crippen LogP contribution in [0.2, 0.25) is 0 Å². The van der Waals surface area contributed by atoms with Gasteiger partial charge in [0, 0.05) is 13.0 Å². The lowest BCUT2D eigenvalue weighted by atomic mass is 9.82. The number of hydrogen-bond acceptors (Lipinski definition) is 5. The average Bonchev–Trinajstić information content (AvgIpc) is 2.63. The van der Waals surface area contributed by atoms with Gasteiger partial charge in [-0.3, -0.25) is 4.55 Å². The van der Waals surface area contributed by atoms with Gasteiger partial charge in [-0.1, -0.05) is 19.9 Å². The van der Waals surface area contributed by atoms with E-state index in [4.69, 9.17) is 14.0 Å². The molecular weight excluding hydrogens is 420 g/mol. The zero-order chi connectivity index (χ0) is 22.3. The maximum Gasteiger partial charge on any atom is 0.431 e. The van der Waals surface area contributed by atoms with Crippen molar-refractivity contribution >= 4 is 16.1 Å². The Balaban J connectivity index is 2.34. The van der Waals surface area contributed by atoms with E-state index >= 15 is 0 Å². The summed E-state index contributed by atoms with van der Waals surface area (Å²) < 4.78 is 92.6. The van der Waals surface area contributed by atoms with Crippen molar-refractivity contribution in [2.75, 3.05) is 13.2 Å². The summed E-state index contributed by atoms with van der Waals surface area (Å²) in [7, 11) is -6.23. The summed E-state index contributed by atoms with van der Waals surface area (Å²) in [6.45, 7) is 5.21. The van der Waals surface area contributed by atoms with Gasteiger partial charge in [0.1, 0.15) is 5.60 Å². The zero-order valence-corrected chi connectivity index (χ0v) is 17.2. The molecule has 11 heteroatoms. The van der Waals surface area contributed by atoms with Crippen molar-refractivity contribution in [1.29, 1.82) is 0 Å². The first-order valence-corrected chi connectivity index (χ1v) is 10.9. The topological polar surface area (TPSA) is 89.9 Å². The Labute approximate surface area is 168 Å². The van der Waals surface area contributed by atoms with E-state index in [1.54, 1.807) is 0 Å². The fraction of sp³-hybridized carbons (Fsp3) is 0.833. The number of alkyl halides is 4. The van der Waals surface area contributed by atoms with E-state index in [9.17, 15) is 30.8 Å². The lowest BCUT2D eigenvalue weighted by molar-refractivity contribution is -0.165. The molecule has 0 aliphatic heterocycles. The summed E-state index contributed by atoms with van der Waals surface area (Å²) in [6.07, 6.45) is 3.29. The van der Waals surface area contributed by atoms with E-state index in [0.29, 0.717) is 6.42 Å². The maximum atomic E-state index is 13.3. The van der Waals surface area contributed by atoms with Crippen LogP contribution >= 0.6 is 0 Å². The van der Waals surface area contributed by atoms with Gasteiger partial charge in [-0.25, -0.2) is 4.79 Å². The largest absolute Gasteiger partial charge is 0.456 e. The molecule has 1 saturated carbocycles. The minimum Gasteiger partial charge on any atom is -0.456 e. The predicted molar refractivity (Wildman–Crippen MR) is 97.5 cm³/mol. The van der Waals surface area contributed by atoms with Gasteiger partial charge in [0.25, 0.3) is 0 Å². The van der Waals surface area contributed by atoms with Crippen molar-refractivity contribution in [2.24, 2.45) is 0 Å². The summed E-state index contributed by atoms with van der Waals surface area (Å²) in [4.78, 5) is 12.2. The highest BCUT2D eigenvalue weighted by Gasteiger charge is 2.64. The monoisotopic (exact) mass is 448 g/mol. The number of unbranched alkanes of at least 4 members (excludes halogenated alkanes) is 1. The SMILES string of the molecule is C=C(COCCCCC(F)(F)C(F)(F)S(=O)(=O)O)C(=O)OC1(CC)CCCCC1. The van der Waals surface area contributed by atoms with Crippen LogP contribution in [0.25, 0.3) is 0 Å². The molecule has 0 spiro atoms. The van der Waals surface area contributed by atoms with Crippen LogP contribution in [0.15, 0.2) is 12.2 Å². The molecule has 1 rings (SSSR count). The van der Waals surface area contributed by atoms with Crippen LogP contribution in [0, 0.1) is 0 Å². The van der Waals surface area contributed by atoms with Crippen LogP contribution in [-0.2, 0) is 24.4 Å². The Morgan fingerprint density at radius 1 is 1.14 bits per heavy atom. The summed E-state index contributed by atoms with van der Waals surface area (Å²) >= 11 is 0. The summed E-state index contributed by atoms with van der Waals surface area (Å²) in [6, 6.07) is 0. The summed E-state index contributed by atoms with van der Waals surface area (Å²) in [5.74, 6) is -5.50. The number of ether oxygens (including phenoxy) is 2. The van der Waals surface area contributed by atoms with Crippen molar-refractivity contribution in [1.82, 2.24) is 0 Å². The molecule has 0 bridgehead atoms. The zero-order valence-electron chi connectivity index (χ0n) is 16.4. The summed E-state index contributed by atoms with van der Waals surface area (Å²) in [5.41, 5.74) is -0.436. The molecule has 0 unspecified atom stereocenters. The molecule has 1 N–H and O–H groups in total. The van der Waals surface area contributed by atoms with Gasteiger partial charge in [0.05, 0.1) is 12.2 Å². The molecule has 0 heterocycles. The van der Waals surface area contributed by atoms with Crippen LogP contribution in [0.3, 0.4) is 0 Å². The fourth-order valence-corrected chi connectivity index (χ4v) is 3.61. The minimum absolute atomic E-state index is 0.0617. The highest BCUT2D eigenvalue weighted by atomic mass is 32.2. The first kappa shape index (κ1) is 25.8. The van der Waals surface area contributed by atoms with E-state index < -0.39 is 45.7 Å². The second-order valence-corrected chi connectivity index (χ2v) is 8.76. The molecule has 0 radical (unpaired) electrons. The second-order valence-electron chi connectivity index (χ2n) is 7.30. The van der Waals surface area contributed by atoms with E-state index in [1.165, 1.54) is 0 Å². The predicted octanol–water partition coefficient (Wildman–Crippen LogP) is 4.50. The van der Waals surface area contributed by atoms with Crippen molar-refractivity contribution in [3.05, 3.63) is 12.2 Å². The molecule has 0 amide bonds. The van der Waals surface area contributed by atoms with Crippen molar-refractivity contribution in [2.45, 2.75) is 81.5 Å². The number of rotatable bonds is 12. The fourth-order valence-electron chi connectivity index (χ4n) is 3.13. The average molecular weight is 448 g/mol. The molecule has 1 aliphatic carbocycles. The molecule has 0 atom stereocenters. The molecule has 1 fully saturated rings. The van der Waals surface area contributed by atoms with Crippen LogP contribution in [0.1, 0.15) is 64.7 Å². The minimum atomic E-state index is -6.23. The summed E-state index contributed by atoms with van der Waals surface area (Å²) in [5, 5.41) is -5.56. The third kappa shape index (κ3) is 6.92. The quantitative estimate of drug-likeness (QED) is 0.155. The normalized spacial score (nSPS) is 17.7. The van der Waals surface area contributed by atoms with Crippen molar-refractivity contribution in [3.63, 3.8) is 0 Å². The van der Waals surface area contributed by atoms with E-state index in [-0.39, 0.29) is 25.2 Å². The first-order valence-electron chi connectivity index (χ1n) is 9.49. The van der Waals surface area contributed by atoms with Crippen molar-refractivity contribution in [3.8, 4) is 0 Å². The molecule has 0 aromatic heterocycles. The second kappa shape index (κ2) is 10.2. The van der Waals surface area contributed by atoms with E-state index in [0.717, 1.165) is 32.1 Å². The number of esters is 1. The Hall–Kier alpha value is -1.20. The highest BCUT2D eigenvalue weighted by Crippen LogP contribution is 2.41. The van der Waals surface area contributed by atoms with Crippen LogP contribution in [0.5, 0.6) is 0 Å². The van der Waals surface area contributed by atoms with Gasteiger partial charge in [-0.15, -0.1) is 0 Å². The van der Waals surface area contributed by atoms with Gasteiger partial charge in [0.15, 0.2) is 0 Å². The van der Waals surface area contributed by atoms with Crippen LogP contribution < -0.4 is 0 Å². The van der Waals surface area contributed by atoms with E-state index in [2.05, 4.69) is 6.58 Å².